The first-order valence-electron chi connectivity index (χ1n) is 4.60. The van der Waals surface area contributed by atoms with Gasteiger partial charge in [0, 0.05) is 5.69 Å². The molecule has 0 aliphatic carbocycles. The van der Waals surface area contributed by atoms with Crippen LogP contribution in [0.2, 0.25) is 0 Å². The number of fused-ring (bicyclic) bond motifs is 1. The van der Waals surface area contributed by atoms with Crippen molar-refractivity contribution in [1.82, 2.24) is 14.4 Å². The van der Waals surface area contributed by atoms with Gasteiger partial charge in [-0.1, -0.05) is 0 Å². The maximum Gasteiger partial charge on any atom is 0.151 e. The average Bonchev–Trinajstić information content (AvgIpc) is 2.38. The molecule has 0 aliphatic rings. The van der Waals surface area contributed by atoms with Crippen molar-refractivity contribution in [3.8, 4) is 0 Å². The molecule has 74 valence electrons. The Morgan fingerprint density at radius 1 is 1.00 bits per heavy atom. The van der Waals surface area contributed by atoms with Crippen molar-refractivity contribution in [2.45, 2.75) is 27.7 Å². The fourth-order valence-corrected chi connectivity index (χ4v) is 1.86. The van der Waals surface area contributed by atoms with Gasteiger partial charge < -0.3 is 5.73 Å². The summed E-state index contributed by atoms with van der Waals surface area (Å²) in [5.41, 5.74) is 9.82. The number of imidazole rings is 1. The van der Waals surface area contributed by atoms with E-state index in [0.29, 0.717) is 5.82 Å². The van der Waals surface area contributed by atoms with Crippen LogP contribution in [0.4, 0.5) is 5.82 Å². The quantitative estimate of drug-likeness (QED) is 0.685. The van der Waals surface area contributed by atoms with Crippen LogP contribution in [-0.4, -0.2) is 14.4 Å². The number of aryl methyl sites for hydroxylation is 4. The second kappa shape index (κ2) is 2.70. The molecule has 2 aromatic rings. The number of anilines is 1. The van der Waals surface area contributed by atoms with Crippen LogP contribution in [-0.2, 0) is 0 Å². The molecule has 0 aromatic carbocycles. The molecule has 0 radical (unpaired) electrons. The molecule has 0 saturated carbocycles. The van der Waals surface area contributed by atoms with Gasteiger partial charge in [0.05, 0.1) is 11.4 Å². The zero-order valence-electron chi connectivity index (χ0n) is 8.92. The lowest BCUT2D eigenvalue weighted by Crippen LogP contribution is -2.02. The van der Waals surface area contributed by atoms with Crippen molar-refractivity contribution in [2.75, 3.05) is 5.73 Å². The van der Waals surface area contributed by atoms with Crippen LogP contribution in [0.1, 0.15) is 22.9 Å². The molecule has 0 saturated heterocycles. The highest BCUT2D eigenvalue weighted by atomic mass is 15.1. The van der Waals surface area contributed by atoms with Gasteiger partial charge in [0.2, 0.25) is 0 Å². The maximum atomic E-state index is 5.82. The van der Waals surface area contributed by atoms with Crippen molar-refractivity contribution in [2.24, 2.45) is 0 Å². The lowest BCUT2D eigenvalue weighted by atomic mass is 10.3. The van der Waals surface area contributed by atoms with E-state index in [1.54, 1.807) is 0 Å². The molecule has 2 aromatic heterocycles. The van der Waals surface area contributed by atoms with E-state index in [1.165, 1.54) is 0 Å². The standard InChI is InChI=1S/C10H14N4/c1-5-7(3)14-8(4)13-10(11)9(14)6(2)12-5/h11H2,1-4H3. The minimum atomic E-state index is 0.565. The van der Waals surface area contributed by atoms with Crippen molar-refractivity contribution >= 4 is 11.3 Å². The third-order valence-electron chi connectivity index (χ3n) is 2.61. The summed E-state index contributed by atoms with van der Waals surface area (Å²) >= 11 is 0. The maximum absolute atomic E-state index is 5.82. The molecule has 0 atom stereocenters. The zero-order valence-corrected chi connectivity index (χ0v) is 8.92. The predicted octanol–water partition coefficient (Wildman–Crippen LogP) is 1.55. The van der Waals surface area contributed by atoms with Crippen LogP contribution < -0.4 is 5.73 Å². The molecule has 0 unspecified atom stereocenters. The Hall–Kier alpha value is -1.58. The molecular formula is C10H14N4. The van der Waals surface area contributed by atoms with Gasteiger partial charge >= 0.3 is 0 Å². The molecule has 4 nitrogen and oxygen atoms in total. The van der Waals surface area contributed by atoms with Crippen molar-refractivity contribution in [3.05, 3.63) is 22.9 Å². The Balaban J connectivity index is 3.05. The fourth-order valence-electron chi connectivity index (χ4n) is 1.86. The van der Waals surface area contributed by atoms with E-state index in [2.05, 4.69) is 14.4 Å². The van der Waals surface area contributed by atoms with Crippen LogP contribution in [0.15, 0.2) is 0 Å². The van der Waals surface area contributed by atoms with Crippen LogP contribution in [0.3, 0.4) is 0 Å². The molecule has 2 heterocycles. The summed E-state index contributed by atoms with van der Waals surface area (Å²) in [5, 5.41) is 0. The minimum Gasteiger partial charge on any atom is -0.382 e. The predicted molar refractivity (Wildman–Crippen MR) is 56.3 cm³/mol. The summed E-state index contributed by atoms with van der Waals surface area (Å²) in [5.74, 6) is 1.49. The molecule has 0 aliphatic heterocycles. The van der Waals surface area contributed by atoms with E-state index in [4.69, 9.17) is 5.73 Å². The lowest BCUT2D eigenvalue weighted by Gasteiger charge is -2.07. The summed E-state index contributed by atoms with van der Waals surface area (Å²) < 4.78 is 2.06. The SMILES string of the molecule is Cc1nc(C)c2c(N)nc(C)n2c1C. The zero-order chi connectivity index (χ0) is 10.5. The first kappa shape index (κ1) is 8.99. The van der Waals surface area contributed by atoms with Gasteiger partial charge in [-0.2, -0.15) is 0 Å². The second-order valence-corrected chi connectivity index (χ2v) is 3.60. The monoisotopic (exact) mass is 190 g/mol. The number of nitrogens with zero attached hydrogens (tertiary/aromatic N) is 3. The highest BCUT2D eigenvalue weighted by molar-refractivity contribution is 5.70. The number of hydrogen-bond donors (Lipinski definition) is 1. The van der Waals surface area contributed by atoms with Gasteiger partial charge in [-0.3, -0.25) is 9.38 Å². The normalized spacial score (nSPS) is 11.1. The number of rotatable bonds is 0. The molecule has 0 spiro atoms. The van der Waals surface area contributed by atoms with Crippen LogP contribution in [0.5, 0.6) is 0 Å². The van der Waals surface area contributed by atoms with Crippen LogP contribution in [0, 0.1) is 27.7 Å². The summed E-state index contributed by atoms with van der Waals surface area (Å²) in [7, 11) is 0. The second-order valence-electron chi connectivity index (χ2n) is 3.60. The van der Waals surface area contributed by atoms with Crippen molar-refractivity contribution < 1.29 is 0 Å². The third kappa shape index (κ3) is 0.999. The van der Waals surface area contributed by atoms with Gasteiger partial charge in [0.15, 0.2) is 5.82 Å². The highest BCUT2D eigenvalue weighted by Crippen LogP contribution is 2.20. The first-order valence-corrected chi connectivity index (χ1v) is 4.60. The van der Waals surface area contributed by atoms with Crippen LogP contribution in [0.25, 0.3) is 5.52 Å². The number of aromatic nitrogens is 3. The van der Waals surface area contributed by atoms with Gasteiger partial charge in [-0.05, 0) is 27.7 Å². The smallest absolute Gasteiger partial charge is 0.151 e. The Kier molecular flexibility index (Phi) is 1.74. The first-order chi connectivity index (χ1) is 6.52. The lowest BCUT2D eigenvalue weighted by molar-refractivity contribution is 0.931. The van der Waals surface area contributed by atoms with Gasteiger partial charge in [0.25, 0.3) is 0 Å². The molecule has 2 rings (SSSR count). The number of hydrogen-bond acceptors (Lipinski definition) is 3. The summed E-state index contributed by atoms with van der Waals surface area (Å²) in [6.45, 7) is 7.94. The van der Waals surface area contributed by atoms with Gasteiger partial charge in [-0.25, -0.2) is 4.98 Å². The average molecular weight is 190 g/mol. The Morgan fingerprint density at radius 3 is 2.29 bits per heavy atom. The molecule has 0 amide bonds. The molecule has 14 heavy (non-hydrogen) atoms. The van der Waals surface area contributed by atoms with E-state index < -0.39 is 0 Å². The highest BCUT2D eigenvalue weighted by Gasteiger charge is 2.12. The Bertz CT molecular complexity index is 511. The van der Waals surface area contributed by atoms with E-state index in [1.807, 2.05) is 27.7 Å². The molecule has 0 fully saturated rings. The summed E-state index contributed by atoms with van der Waals surface area (Å²) in [6, 6.07) is 0. The largest absolute Gasteiger partial charge is 0.382 e. The van der Waals surface area contributed by atoms with E-state index in [9.17, 15) is 0 Å². The van der Waals surface area contributed by atoms with E-state index in [0.717, 1.165) is 28.4 Å². The Labute approximate surface area is 82.8 Å². The number of nitrogen functional groups attached to an aromatic ring is 1. The van der Waals surface area contributed by atoms with E-state index in [-0.39, 0.29) is 0 Å². The Morgan fingerprint density at radius 2 is 1.64 bits per heavy atom. The summed E-state index contributed by atoms with van der Waals surface area (Å²) in [6.07, 6.45) is 0. The number of nitrogens with two attached hydrogens (primary N) is 1. The molecule has 2 N–H and O–H groups in total. The van der Waals surface area contributed by atoms with Gasteiger partial charge in [0.1, 0.15) is 11.3 Å². The third-order valence-corrected chi connectivity index (χ3v) is 2.61. The topological polar surface area (TPSA) is 56.2 Å². The van der Waals surface area contributed by atoms with E-state index >= 15 is 0 Å². The molecule has 0 bridgehead atoms. The van der Waals surface area contributed by atoms with Gasteiger partial charge in [-0.15, -0.1) is 0 Å². The molecule has 4 heteroatoms. The van der Waals surface area contributed by atoms with Crippen molar-refractivity contribution in [1.29, 1.82) is 0 Å². The molecular weight excluding hydrogens is 176 g/mol. The fraction of sp³-hybridized carbons (Fsp3) is 0.400. The minimum absolute atomic E-state index is 0.565. The summed E-state index contributed by atoms with van der Waals surface area (Å²) in [4.78, 5) is 8.69. The van der Waals surface area contributed by atoms with Crippen molar-refractivity contribution in [3.63, 3.8) is 0 Å². The van der Waals surface area contributed by atoms with Crippen LogP contribution >= 0.6 is 0 Å².